The Morgan fingerprint density at radius 3 is 2.48 bits per heavy atom. The van der Waals surface area contributed by atoms with E-state index in [0.29, 0.717) is 17.9 Å². The van der Waals surface area contributed by atoms with Crippen LogP contribution in [-0.2, 0) is 6.61 Å². The fraction of sp³-hybridized carbons (Fsp3) is 0.0909. The van der Waals surface area contributed by atoms with Crippen LogP contribution < -0.4 is 14.9 Å². The minimum atomic E-state index is -0.287. The minimum Gasteiger partial charge on any atom is -0.497 e. The zero-order valence-corrected chi connectivity index (χ0v) is 15.0. The molecule has 0 radical (unpaired) electrons. The van der Waals surface area contributed by atoms with Crippen molar-refractivity contribution in [1.29, 1.82) is 0 Å². The zero-order valence-electron chi connectivity index (χ0n) is 15.0. The van der Waals surface area contributed by atoms with Gasteiger partial charge in [-0.15, -0.1) is 0 Å². The summed E-state index contributed by atoms with van der Waals surface area (Å²) in [7, 11) is 1.58. The molecule has 0 bridgehead atoms. The largest absolute Gasteiger partial charge is 0.497 e. The highest BCUT2D eigenvalue weighted by atomic mass is 16.5. The Bertz CT molecular complexity index is 906. The second-order valence-electron chi connectivity index (χ2n) is 5.77. The van der Waals surface area contributed by atoms with Gasteiger partial charge >= 0.3 is 0 Å². The van der Waals surface area contributed by atoms with Crippen molar-refractivity contribution in [3.05, 3.63) is 95.6 Å². The van der Waals surface area contributed by atoms with Crippen LogP contribution in [0.2, 0.25) is 0 Å². The van der Waals surface area contributed by atoms with E-state index in [1.165, 1.54) is 0 Å². The third-order valence-corrected chi connectivity index (χ3v) is 3.84. The van der Waals surface area contributed by atoms with Gasteiger partial charge in [0, 0.05) is 5.56 Å². The normalized spacial score (nSPS) is 10.6. The molecule has 1 N–H and O–H groups in total. The lowest BCUT2D eigenvalue weighted by Crippen LogP contribution is -2.17. The molecule has 0 atom stereocenters. The van der Waals surface area contributed by atoms with Crippen LogP contribution in [-0.4, -0.2) is 19.2 Å². The lowest BCUT2D eigenvalue weighted by molar-refractivity contribution is 0.0955. The molecule has 0 aliphatic heterocycles. The van der Waals surface area contributed by atoms with Crippen molar-refractivity contribution in [2.45, 2.75) is 6.61 Å². The van der Waals surface area contributed by atoms with E-state index in [0.717, 1.165) is 16.9 Å². The summed E-state index contributed by atoms with van der Waals surface area (Å²) in [5.74, 6) is 1.15. The maximum Gasteiger partial charge on any atom is 0.271 e. The third kappa shape index (κ3) is 5.44. The van der Waals surface area contributed by atoms with Gasteiger partial charge in [-0.05, 0) is 47.5 Å². The molecule has 0 saturated heterocycles. The molecule has 0 fully saturated rings. The van der Waals surface area contributed by atoms with E-state index in [1.807, 2.05) is 54.6 Å². The molecule has 3 aromatic carbocycles. The average Bonchev–Trinajstić information content (AvgIpc) is 2.73. The quantitative estimate of drug-likeness (QED) is 0.511. The summed E-state index contributed by atoms with van der Waals surface area (Å²) in [6.45, 7) is 0.496. The minimum absolute atomic E-state index is 0.287. The maximum absolute atomic E-state index is 12.1. The van der Waals surface area contributed by atoms with E-state index in [9.17, 15) is 4.79 Å². The summed E-state index contributed by atoms with van der Waals surface area (Å²) >= 11 is 0. The summed E-state index contributed by atoms with van der Waals surface area (Å²) in [5, 5.41) is 4.01. The van der Waals surface area contributed by atoms with Gasteiger partial charge in [-0.3, -0.25) is 4.79 Å². The van der Waals surface area contributed by atoms with Crippen molar-refractivity contribution >= 4 is 12.1 Å². The highest BCUT2D eigenvalue weighted by Gasteiger charge is 2.04. The number of rotatable bonds is 7. The molecule has 0 aromatic heterocycles. The first-order valence-electron chi connectivity index (χ1n) is 8.49. The van der Waals surface area contributed by atoms with E-state index in [2.05, 4.69) is 10.5 Å². The summed E-state index contributed by atoms with van der Waals surface area (Å²) in [6.07, 6.45) is 1.58. The molecule has 0 unspecified atom stereocenters. The molecule has 27 heavy (non-hydrogen) atoms. The summed E-state index contributed by atoms with van der Waals surface area (Å²) in [4.78, 5) is 12.1. The Morgan fingerprint density at radius 1 is 0.963 bits per heavy atom. The highest BCUT2D eigenvalue weighted by Crippen LogP contribution is 2.14. The molecule has 5 heteroatoms. The number of benzene rings is 3. The lowest BCUT2D eigenvalue weighted by atomic mass is 10.2. The number of ether oxygens (including phenoxy) is 2. The molecule has 0 spiro atoms. The SMILES string of the molecule is COc1ccc(C(=O)NN=Cc2cccc(OCc3ccccc3)c2)cc1. The molecule has 5 nitrogen and oxygen atoms in total. The maximum atomic E-state index is 12.1. The number of nitrogens with one attached hydrogen (secondary N) is 1. The van der Waals surface area contributed by atoms with E-state index in [1.54, 1.807) is 37.6 Å². The van der Waals surface area contributed by atoms with E-state index < -0.39 is 0 Å². The van der Waals surface area contributed by atoms with Gasteiger partial charge in [-0.1, -0.05) is 42.5 Å². The first kappa shape index (κ1) is 18.2. The molecular formula is C22H20N2O3. The Balaban J connectivity index is 1.55. The Hall–Kier alpha value is -3.60. The molecule has 0 aliphatic rings. The molecular weight excluding hydrogens is 340 g/mol. The van der Waals surface area contributed by atoms with Gasteiger partial charge in [0.05, 0.1) is 13.3 Å². The standard InChI is InChI=1S/C22H20N2O3/c1-26-20-12-10-19(11-13-20)22(25)24-23-15-18-8-5-9-21(14-18)27-16-17-6-3-2-4-7-17/h2-15H,16H2,1H3,(H,24,25). The Morgan fingerprint density at radius 2 is 1.74 bits per heavy atom. The monoisotopic (exact) mass is 360 g/mol. The van der Waals surface area contributed by atoms with Crippen molar-refractivity contribution < 1.29 is 14.3 Å². The van der Waals surface area contributed by atoms with Gasteiger partial charge in [0.2, 0.25) is 0 Å². The summed E-state index contributed by atoms with van der Waals surface area (Å²) < 4.78 is 10.9. The van der Waals surface area contributed by atoms with Crippen LogP contribution in [0.1, 0.15) is 21.5 Å². The number of carbonyl (C=O) groups excluding carboxylic acids is 1. The number of hydrogen-bond donors (Lipinski definition) is 1. The van der Waals surface area contributed by atoms with Gasteiger partial charge < -0.3 is 9.47 Å². The molecule has 0 saturated carbocycles. The second-order valence-corrected chi connectivity index (χ2v) is 5.77. The lowest BCUT2D eigenvalue weighted by Gasteiger charge is -2.06. The van der Waals surface area contributed by atoms with Gasteiger partial charge in [0.15, 0.2) is 0 Å². The van der Waals surface area contributed by atoms with Crippen LogP contribution in [0.5, 0.6) is 11.5 Å². The average molecular weight is 360 g/mol. The molecule has 3 rings (SSSR count). The van der Waals surface area contributed by atoms with Crippen LogP contribution in [0.15, 0.2) is 84.0 Å². The smallest absolute Gasteiger partial charge is 0.271 e. The summed E-state index contributed by atoms with van der Waals surface area (Å²) in [5.41, 5.74) is 4.95. The highest BCUT2D eigenvalue weighted by molar-refractivity contribution is 5.95. The number of nitrogens with zero attached hydrogens (tertiary/aromatic N) is 1. The topological polar surface area (TPSA) is 59.9 Å². The number of hydrogen-bond acceptors (Lipinski definition) is 4. The third-order valence-electron chi connectivity index (χ3n) is 3.84. The molecule has 1 amide bonds. The van der Waals surface area contributed by atoms with E-state index in [4.69, 9.17) is 9.47 Å². The number of hydrazone groups is 1. The number of amides is 1. The molecule has 0 aliphatic carbocycles. The molecule has 136 valence electrons. The van der Waals surface area contributed by atoms with Crippen LogP contribution >= 0.6 is 0 Å². The van der Waals surface area contributed by atoms with Crippen molar-refractivity contribution in [1.82, 2.24) is 5.43 Å². The predicted molar refractivity (Wildman–Crippen MR) is 105 cm³/mol. The van der Waals surface area contributed by atoms with Crippen molar-refractivity contribution in [2.24, 2.45) is 5.10 Å². The van der Waals surface area contributed by atoms with E-state index >= 15 is 0 Å². The molecule has 3 aromatic rings. The van der Waals surface area contributed by atoms with Crippen LogP contribution in [0, 0.1) is 0 Å². The van der Waals surface area contributed by atoms with Crippen LogP contribution in [0.25, 0.3) is 0 Å². The zero-order chi connectivity index (χ0) is 18.9. The van der Waals surface area contributed by atoms with E-state index in [-0.39, 0.29) is 5.91 Å². The summed E-state index contributed by atoms with van der Waals surface area (Å²) in [6, 6.07) is 24.3. The van der Waals surface area contributed by atoms with Crippen molar-refractivity contribution in [3.8, 4) is 11.5 Å². The van der Waals surface area contributed by atoms with Gasteiger partial charge in [-0.2, -0.15) is 5.10 Å². The van der Waals surface area contributed by atoms with Crippen molar-refractivity contribution in [3.63, 3.8) is 0 Å². The first-order chi connectivity index (χ1) is 13.2. The predicted octanol–water partition coefficient (Wildman–Crippen LogP) is 4.04. The Labute approximate surface area is 158 Å². The van der Waals surface area contributed by atoms with Gasteiger partial charge in [0.25, 0.3) is 5.91 Å². The van der Waals surface area contributed by atoms with Crippen molar-refractivity contribution in [2.75, 3.05) is 7.11 Å². The number of carbonyl (C=O) groups is 1. The van der Waals surface area contributed by atoms with Crippen LogP contribution in [0.3, 0.4) is 0 Å². The van der Waals surface area contributed by atoms with Crippen LogP contribution in [0.4, 0.5) is 0 Å². The first-order valence-corrected chi connectivity index (χ1v) is 8.49. The fourth-order valence-corrected chi connectivity index (χ4v) is 2.40. The van der Waals surface area contributed by atoms with Gasteiger partial charge in [-0.25, -0.2) is 5.43 Å². The van der Waals surface area contributed by atoms with Gasteiger partial charge in [0.1, 0.15) is 18.1 Å². The second kappa shape index (κ2) is 9.20. The fourth-order valence-electron chi connectivity index (χ4n) is 2.40. The number of methoxy groups -OCH3 is 1. The Kier molecular flexibility index (Phi) is 6.20. The molecule has 0 heterocycles.